The van der Waals surface area contributed by atoms with Gasteiger partial charge >= 0.3 is 0 Å². The predicted octanol–water partition coefficient (Wildman–Crippen LogP) is 4.34. The molecule has 5 aromatic rings. The molecule has 0 saturated carbocycles. The van der Waals surface area contributed by atoms with Gasteiger partial charge in [0.1, 0.15) is 11.5 Å². The van der Waals surface area contributed by atoms with Crippen LogP contribution < -0.4 is 0 Å². The number of aromatic nitrogens is 6. The van der Waals surface area contributed by atoms with E-state index in [-0.39, 0.29) is 5.82 Å². The van der Waals surface area contributed by atoms with Crippen LogP contribution in [-0.2, 0) is 0 Å². The molecule has 0 unspecified atom stereocenters. The van der Waals surface area contributed by atoms with E-state index in [9.17, 15) is 4.39 Å². The van der Waals surface area contributed by atoms with Crippen LogP contribution in [0.5, 0.6) is 0 Å². The molecule has 27 heavy (non-hydrogen) atoms. The van der Waals surface area contributed by atoms with Crippen LogP contribution in [0.2, 0.25) is 0 Å². The average molecular weight is 374 g/mol. The van der Waals surface area contributed by atoms with E-state index in [4.69, 9.17) is 9.97 Å². The standard InChI is InChI=1S/C19H11FN6S/c20-13-6-3-11(4-7-13)17-18(16-2-1-9-27-16)21-14-8-5-12(10-15(14)22-17)19-23-25-26-24-19/h1-10H,(H,23,24,25,26). The number of fused-ring (bicyclic) bond motifs is 1. The third-order valence-corrected chi connectivity index (χ3v) is 5.02. The highest BCUT2D eigenvalue weighted by molar-refractivity contribution is 7.13. The number of hydrogen-bond donors (Lipinski definition) is 1. The zero-order chi connectivity index (χ0) is 18.2. The Labute approximate surface area is 156 Å². The summed E-state index contributed by atoms with van der Waals surface area (Å²) in [6.45, 7) is 0. The number of halogens is 1. The first-order valence-corrected chi connectivity index (χ1v) is 9.01. The molecule has 0 aliphatic carbocycles. The summed E-state index contributed by atoms with van der Waals surface area (Å²) in [6, 6.07) is 15.9. The minimum Gasteiger partial charge on any atom is -0.244 e. The lowest BCUT2D eigenvalue weighted by Crippen LogP contribution is -1.95. The highest BCUT2D eigenvalue weighted by Crippen LogP contribution is 2.34. The number of nitrogens with one attached hydrogen (secondary N) is 1. The number of benzene rings is 2. The summed E-state index contributed by atoms with van der Waals surface area (Å²) >= 11 is 1.59. The van der Waals surface area contributed by atoms with Crippen LogP contribution in [0.3, 0.4) is 0 Å². The Kier molecular flexibility index (Phi) is 3.68. The average Bonchev–Trinajstić information content (AvgIpc) is 3.41. The van der Waals surface area contributed by atoms with E-state index in [1.807, 2.05) is 35.7 Å². The monoisotopic (exact) mass is 374 g/mol. The molecule has 5 rings (SSSR count). The Morgan fingerprint density at radius 3 is 2.41 bits per heavy atom. The Morgan fingerprint density at radius 1 is 0.852 bits per heavy atom. The van der Waals surface area contributed by atoms with Crippen molar-refractivity contribution in [3.63, 3.8) is 0 Å². The van der Waals surface area contributed by atoms with Gasteiger partial charge in [-0.15, -0.1) is 21.5 Å². The lowest BCUT2D eigenvalue weighted by Gasteiger charge is -2.09. The summed E-state index contributed by atoms with van der Waals surface area (Å²) in [7, 11) is 0. The molecular weight excluding hydrogens is 363 g/mol. The molecule has 0 aliphatic heterocycles. The van der Waals surface area contributed by atoms with E-state index in [2.05, 4.69) is 20.6 Å². The van der Waals surface area contributed by atoms with Gasteiger partial charge in [0.2, 0.25) is 5.82 Å². The van der Waals surface area contributed by atoms with Gasteiger partial charge in [-0.1, -0.05) is 6.07 Å². The molecule has 3 aromatic heterocycles. The maximum atomic E-state index is 13.4. The first kappa shape index (κ1) is 15.7. The number of hydrogen-bond acceptors (Lipinski definition) is 6. The molecule has 0 spiro atoms. The van der Waals surface area contributed by atoms with E-state index in [1.165, 1.54) is 12.1 Å². The predicted molar refractivity (Wildman–Crippen MR) is 101 cm³/mol. The first-order chi connectivity index (χ1) is 13.3. The fourth-order valence-corrected chi connectivity index (χ4v) is 3.59. The number of nitrogens with zero attached hydrogens (tertiary/aromatic N) is 5. The smallest absolute Gasteiger partial charge is 0.204 e. The number of rotatable bonds is 3. The third-order valence-electron chi connectivity index (χ3n) is 4.14. The normalized spacial score (nSPS) is 11.1. The SMILES string of the molecule is Fc1ccc(-c2nc3cc(-c4nn[nH]n4)ccc3nc2-c2cccs2)cc1. The second-order valence-corrected chi connectivity index (χ2v) is 6.79. The molecule has 0 amide bonds. The van der Waals surface area contributed by atoms with Crippen LogP contribution in [0.25, 0.3) is 44.2 Å². The zero-order valence-corrected chi connectivity index (χ0v) is 14.6. The van der Waals surface area contributed by atoms with Crippen molar-refractivity contribution < 1.29 is 4.39 Å². The van der Waals surface area contributed by atoms with Gasteiger partial charge < -0.3 is 0 Å². The van der Waals surface area contributed by atoms with Gasteiger partial charge in [0.15, 0.2) is 0 Å². The van der Waals surface area contributed by atoms with Crippen molar-refractivity contribution in [2.75, 3.05) is 0 Å². The van der Waals surface area contributed by atoms with Crippen LogP contribution in [0.15, 0.2) is 60.0 Å². The van der Waals surface area contributed by atoms with Crippen molar-refractivity contribution in [1.29, 1.82) is 0 Å². The largest absolute Gasteiger partial charge is 0.244 e. The number of thiophene rings is 1. The van der Waals surface area contributed by atoms with Gasteiger partial charge in [0, 0.05) is 11.1 Å². The van der Waals surface area contributed by atoms with Crippen molar-refractivity contribution in [3.05, 3.63) is 65.8 Å². The van der Waals surface area contributed by atoms with E-state index in [0.717, 1.165) is 27.2 Å². The molecule has 0 saturated heterocycles. The van der Waals surface area contributed by atoms with Gasteiger partial charge in [-0.2, -0.15) is 5.21 Å². The molecule has 0 fully saturated rings. The Bertz CT molecular complexity index is 1220. The lowest BCUT2D eigenvalue weighted by atomic mass is 10.1. The molecule has 8 heteroatoms. The number of aromatic amines is 1. The van der Waals surface area contributed by atoms with Crippen LogP contribution in [0.4, 0.5) is 4.39 Å². The van der Waals surface area contributed by atoms with E-state index < -0.39 is 0 Å². The summed E-state index contributed by atoms with van der Waals surface area (Å²) in [5.41, 5.74) is 4.54. The van der Waals surface area contributed by atoms with Crippen molar-refractivity contribution in [1.82, 2.24) is 30.6 Å². The first-order valence-electron chi connectivity index (χ1n) is 8.13. The fourth-order valence-electron chi connectivity index (χ4n) is 2.87. The van der Waals surface area contributed by atoms with Gasteiger partial charge in [-0.3, -0.25) is 0 Å². The molecule has 0 bridgehead atoms. The van der Waals surface area contributed by atoms with Gasteiger partial charge in [0.05, 0.1) is 21.6 Å². The van der Waals surface area contributed by atoms with Gasteiger partial charge in [-0.05, 0) is 59.1 Å². The maximum absolute atomic E-state index is 13.4. The Balaban J connectivity index is 1.75. The van der Waals surface area contributed by atoms with E-state index in [1.54, 1.807) is 23.5 Å². The summed E-state index contributed by atoms with van der Waals surface area (Å²) in [6.07, 6.45) is 0. The van der Waals surface area contributed by atoms with Crippen molar-refractivity contribution >= 4 is 22.4 Å². The van der Waals surface area contributed by atoms with E-state index >= 15 is 0 Å². The van der Waals surface area contributed by atoms with Gasteiger partial charge in [0.25, 0.3) is 0 Å². The van der Waals surface area contributed by atoms with E-state index in [0.29, 0.717) is 17.0 Å². The minimum absolute atomic E-state index is 0.287. The molecule has 0 radical (unpaired) electrons. The van der Waals surface area contributed by atoms with Crippen LogP contribution in [0, 0.1) is 5.82 Å². The Morgan fingerprint density at radius 2 is 1.67 bits per heavy atom. The highest BCUT2D eigenvalue weighted by Gasteiger charge is 2.15. The summed E-state index contributed by atoms with van der Waals surface area (Å²) in [4.78, 5) is 10.7. The maximum Gasteiger partial charge on any atom is 0.204 e. The van der Waals surface area contributed by atoms with Crippen LogP contribution in [0.1, 0.15) is 0 Å². The molecular formula is C19H11FN6S. The van der Waals surface area contributed by atoms with Crippen molar-refractivity contribution in [2.24, 2.45) is 0 Å². The molecule has 130 valence electrons. The Hall–Kier alpha value is -3.52. The lowest BCUT2D eigenvalue weighted by molar-refractivity contribution is 0.628. The molecule has 2 aromatic carbocycles. The second-order valence-electron chi connectivity index (χ2n) is 5.84. The van der Waals surface area contributed by atoms with Crippen LogP contribution >= 0.6 is 11.3 Å². The molecule has 0 atom stereocenters. The number of H-pyrrole nitrogens is 1. The second kappa shape index (κ2) is 6.33. The highest BCUT2D eigenvalue weighted by atomic mass is 32.1. The van der Waals surface area contributed by atoms with Crippen molar-refractivity contribution in [3.8, 4) is 33.2 Å². The van der Waals surface area contributed by atoms with Crippen LogP contribution in [-0.4, -0.2) is 30.6 Å². The summed E-state index contributed by atoms with van der Waals surface area (Å²) < 4.78 is 13.4. The molecule has 3 heterocycles. The number of tetrazole rings is 1. The molecule has 6 nitrogen and oxygen atoms in total. The molecule has 1 N–H and O–H groups in total. The third kappa shape index (κ3) is 2.85. The molecule has 0 aliphatic rings. The zero-order valence-electron chi connectivity index (χ0n) is 13.8. The van der Waals surface area contributed by atoms with Crippen molar-refractivity contribution in [2.45, 2.75) is 0 Å². The fraction of sp³-hybridized carbons (Fsp3) is 0. The minimum atomic E-state index is -0.287. The topological polar surface area (TPSA) is 80.2 Å². The quantitative estimate of drug-likeness (QED) is 0.508. The summed E-state index contributed by atoms with van der Waals surface area (Å²) in [5, 5.41) is 16.0. The van der Waals surface area contributed by atoms with Gasteiger partial charge in [-0.25, -0.2) is 14.4 Å². The summed E-state index contributed by atoms with van der Waals surface area (Å²) in [5.74, 6) is 0.203.